The van der Waals surface area contributed by atoms with Crippen molar-refractivity contribution in [3.63, 3.8) is 0 Å². The average molecular weight is 213 g/mol. The van der Waals surface area contributed by atoms with Crippen LogP contribution in [0.1, 0.15) is 5.56 Å². The van der Waals surface area contributed by atoms with Crippen molar-refractivity contribution < 1.29 is 14.7 Å². The first-order valence-electron chi connectivity index (χ1n) is 3.95. The first-order chi connectivity index (χ1) is 7.10. The summed E-state index contributed by atoms with van der Waals surface area (Å²) in [5, 5.41) is 17.5. The lowest BCUT2D eigenvalue weighted by Gasteiger charge is -2.05. The van der Waals surface area contributed by atoms with Crippen LogP contribution in [0.25, 0.3) is 0 Å². The minimum Gasteiger partial charge on any atom is -0.453 e. The van der Waals surface area contributed by atoms with Gasteiger partial charge in [0.15, 0.2) is 5.84 Å². The number of hydrogen-bond acceptors (Lipinski definition) is 5. The Hall–Kier alpha value is -2.25. The lowest BCUT2D eigenvalue weighted by molar-refractivity contribution is 0.186. The Kier molecular flexibility index (Phi) is 3.11. The van der Waals surface area contributed by atoms with E-state index >= 15 is 0 Å². The Bertz CT molecular complexity index is 397. The van der Waals surface area contributed by atoms with E-state index in [1.807, 2.05) is 0 Å². The zero-order chi connectivity index (χ0) is 11.4. The number of ether oxygens (including phenoxy) is 1. The molecule has 0 aromatic carbocycles. The maximum absolute atomic E-state index is 11.0. The molecule has 82 valence electrons. The van der Waals surface area contributed by atoms with E-state index in [4.69, 9.17) is 10.9 Å². The number of hydrogen-bond donors (Lipinski definition) is 3. The fourth-order valence-corrected chi connectivity index (χ4v) is 0.975. The summed E-state index contributed by atoms with van der Waals surface area (Å²) in [6, 6.07) is 0. The summed E-state index contributed by atoms with van der Waals surface area (Å²) in [6.07, 6.45) is 0.700. The highest BCUT2D eigenvalue weighted by molar-refractivity contribution is 6.03. The molecule has 0 unspecified atom stereocenters. The molecule has 0 radical (unpaired) electrons. The van der Waals surface area contributed by atoms with Gasteiger partial charge in [-0.3, -0.25) is 10.00 Å². The minimum absolute atomic E-state index is 0.144. The number of anilines is 1. The standard InChI is InChI=1S/C7H11N5O3/c1-12-6(10-7(13)15-2)4(3-9-12)5(8)11-14/h3,14H,1-2H3,(H2,8,11)(H,10,13). The first-order valence-corrected chi connectivity index (χ1v) is 3.95. The highest BCUT2D eigenvalue weighted by Gasteiger charge is 2.14. The summed E-state index contributed by atoms with van der Waals surface area (Å²) in [5.41, 5.74) is 5.69. The van der Waals surface area contributed by atoms with Crippen molar-refractivity contribution in [1.29, 1.82) is 0 Å². The molecule has 0 aliphatic heterocycles. The molecule has 15 heavy (non-hydrogen) atoms. The number of rotatable bonds is 2. The lowest BCUT2D eigenvalue weighted by Crippen LogP contribution is -2.19. The van der Waals surface area contributed by atoms with Crippen molar-refractivity contribution in [2.24, 2.45) is 17.9 Å². The van der Waals surface area contributed by atoms with Crippen molar-refractivity contribution >= 4 is 17.7 Å². The molecule has 0 aliphatic rings. The number of aromatic nitrogens is 2. The van der Waals surface area contributed by atoms with Gasteiger partial charge >= 0.3 is 6.09 Å². The molecule has 0 fully saturated rings. The lowest BCUT2D eigenvalue weighted by atomic mass is 10.3. The molecule has 0 aliphatic carbocycles. The number of carbonyl (C=O) groups excluding carboxylic acids is 1. The third-order valence-corrected chi connectivity index (χ3v) is 1.73. The molecule has 0 atom stereocenters. The third kappa shape index (κ3) is 2.16. The van der Waals surface area contributed by atoms with Gasteiger partial charge in [0, 0.05) is 7.05 Å². The summed E-state index contributed by atoms with van der Waals surface area (Å²) in [7, 11) is 2.83. The van der Waals surface area contributed by atoms with Gasteiger partial charge in [-0.25, -0.2) is 4.79 Å². The van der Waals surface area contributed by atoms with Crippen molar-refractivity contribution in [2.45, 2.75) is 0 Å². The van der Waals surface area contributed by atoms with Crippen LogP contribution in [-0.2, 0) is 11.8 Å². The molecule has 0 saturated carbocycles. The van der Waals surface area contributed by atoms with Crippen LogP contribution in [0.4, 0.5) is 10.6 Å². The molecule has 8 heteroatoms. The third-order valence-electron chi connectivity index (χ3n) is 1.73. The van der Waals surface area contributed by atoms with Crippen LogP contribution in [0.3, 0.4) is 0 Å². The van der Waals surface area contributed by atoms with Gasteiger partial charge in [0.1, 0.15) is 5.82 Å². The first kappa shape index (κ1) is 10.8. The molecule has 0 saturated heterocycles. The molecule has 1 aromatic rings. The zero-order valence-electron chi connectivity index (χ0n) is 8.26. The average Bonchev–Trinajstić information content (AvgIpc) is 2.59. The van der Waals surface area contributed by atoms with E-state index in [9.17, 15) is 4.79 Å². The van der Waals surface area contributed by atoms with Crippen molar-refractivity contribution in [2.75, 3.05) is 12.4 Å². The predicted molar refractivity (Wildman–Crippen MR) is 51.7 cm³/mol. The number of nitrogens with one attached hydrogen (secondary N) is 1. The van der Waals surface area contributed by atoms with Crippen molar-refractivity contribution in [3.05, 3.63) is 11.8 Å². The Morgan fingerprint density at radius 2 is 2.47 bits per heavy atom. The summed E-state index contributed by atoms with van der Waals surface area (Å²) >= 11 is 0. The highest BCUT2D eigenvalue weighted by Crippen LogP contribution is 2.13. The molecule has 0 bridgehead atoms. The quantitative estimate of drug-likeness (QED) is 0.270. The van der Waals surface area contributed by atoms with Crippen LogP contribution in [0, 0.1) is 0 Å². The number of methoxy groups -OCH3 is 1. The number of oxime groups is 1. The second-order valence-electron chi connectivity index (χ2n) is 2.63. The van der Waals surface area contributed by atoms with E-state index in [-0.39, 0.29) is 11.7 Å². The van der Waals surface area contributed by atoms with Gasteiger partial charge in [0.25, 0.3) is 0 Å². The number of amides is 1. The second-order valence-corrected chi connectivity index (χ2v) is 2.63. The Balaban J connectivity index is 3.04. The van der Waals surface area contributed by atoms with Gasteiger partial charge in [-0.05, 0) is 0 Å². The Morgan fingerprint density at radius 1 is 1.80 bits per heavy atom. The van der Waals surface area contributed by atoms with Crippen LogP contribution in [0.5, 0.6) is 0 Å². The number of nitrogens with two attached hydrogens (primary N) is 1. The monoisotopic (exact) mass is 213 g/mol. The SMILES string of the molecule is COC(=O)Nc1c(C(N)=NO)cnn1C. The van der Waals surface area contributed by atoms with E-state index < -0.39 is 6.09 Å². The predicted octanol–water partition coefficient (Wildman–Crippen LogP) is -0.307. The molecule has 1 rings (SSSR count). The van der Waals surface area contributed by atoms with Gasteiger partial charge < -0.3 is 15.7 Å². The van der Waals surface area contributed by atoms with Gasteiger partial charge in [-0.2, -0.15) is 5.10 Å². The van der Waals surface area contributed by atoms with Crippen LogP contribution in [0.15, 0.2) is 11.4 Å². The van der Waals surface area contributed by atoms with Crippen LogP contribution in [-0.4, -0.2) is 34.0 Å². The fraction of sp³-hybridized carbons (Fsp3) is 0.286. The van der Waals surface area contributed by atoms with Crippen LogP contribution < -0.4 is 11.1 Å². The maximum atomic E-state index is 11.0. The number of carbonyl (C=O) groups is 1. The largest absolute Gasteiger partial charge is 0.453 e. The molecule has 0 spiro atoms. The second kappa shape index (κ2) is 4.31. The molecule has 8 nitrogen and oxygen atoms in total. The van der Waals surface area contributed by atoms with E-state index in [1.165, 1.54) is 18.0 Å². The number of aryl methyl sites for hydroxylation is 1. The number of amidine groups is 1. The smallest absolute Gasteiger partial charge is 0.412 e. The summed E-state index contributed by atoms with van der Waals surface area (Å²) in [4.78, 5) is 11.0. The fourth-order valence-electron chi connectivity index (χ4n) is 0.975. The van der Waals surface area contributed by atoms with Gasteiger partial charge in [0.05, 0.1) is 18.9 Å². The van der Waals surface area contributed by atoms with E-state index in [0.717, 1.165) is 0 Å². The maximum Gasteiger partial charge on any atom is 0.412 e. The molecule has 1 amide bonds. The Morgan fingerprint density at radius 3 is 3.00 bits per heavy atom. The van der Waals surface area contributed by atoms with Crippen LogP contribution in [0.2, 0.25) is 0 Å². The van der Waals surface area contributed by atoms with Gasteiger partial charge in [-0.1, -0.05) is 5.16 Å². The minimum atomic E-state index is -0.661. The summed E-state index contributed by atoms with van der Waals surface area (Å²) in [5.74, 6) is 0.145. The molecule has 1 aromatic heterocycles. The van der Waals surface area contributed by atoms with E-state index in [2.05, 4.69) is 20.3 Å². The van der Waals surface area contributed by atoms with Crippen LogP contribution >= 0.6 is 0 Å². The molecule has 4 N–H and O–H groups in total. The van der Waals surface area contributed by atoms with Crippen molar-refractivity contribution in [1.82, 2.24) is 9.78 Å². The van der Waals surface area contributed by atoms with Gasteiger partial charge in [-0.15, -0.1) is 0 Å². The molecular weight excluding hydrogens is 202 g/mol. The van der Waals surface area contributed by atoms with E-state index in [0.29, 0.717) is 5.56 Å². The highest BCUT2D eigenvalue weighted by atomic mass is 16.5. The number of nitrogens with zero attached hydrogens (tertiary/aromatic N) is 3. The Labute approximate surface area is 85.3 Å². The zero-order valence-corrected chi connectivity index (χ0v) is 8.26. The molecule has 1 heterocycles. The summed E-state index contributed by atoms with van der Waals surface area (Å²) < 4.78 is 5.78. The molecular formula is C7H11N5O3. The van der Waals surface area contributed by atoms with Crippen molar-refractivity contribution in [3.8, 4) is 0 Å². The topological polar surface area (TPSA) is 115 Å². The van der Waals surface area contributed by atoms with Gasteiger partial charge in [0.2, 0.25) is 0 Å². The van der Waals surface area contributed by atoms with E-state index in [1.54, 1.807) is 7.05 Å². The normalized spacial score (nSPS) is 11.2. The summed E-state index contributed by atoms with van der Waals surface area (Å²) in [6.45, 7) is 0.